The first kappa shape index (κ1) is 22.0. The lowest BCUT2D eigenvalue weighted by Crippen LogP contribution is -2.38. The third-order valence-corrected chi connectivity index (χ3v) is 7.10. The van der Waals surface area contributed by atoms with E-state index in [1.54, 1.807) is 0 Å². The number of phenols is 2. The fourth-order valence-corrected chi connectivity index (χ4v) is 5.68. The second-order valence-corrected chi connectivity index (χ2v) is 9.28. The molecule has 0 spiro atoms. The van der Waals surface area contributed by atoms with Crippen molar-refractivity contribution >= 4 is 56.5 Å². The minimum atomic E-state index is -5.03. The SMILES string of the molecule is O=S(=O)(O)C(c1ccc(O)cc1)(c1ccc(Cl)cc1Cl)c1ccc(Cl)c(O)c1Cl. The maximum absolute atomic E-state index is 13.0. The highest BCUT2D eigenvalue weighted by Gasteiger charge is 2.51. The first-order valence-electron chi connectivity index (χ1n) is 7.89. The van der Waals surface area contributed by atoms with E-state index in [-0.39, 0.29) is 37.5 Å². The summed E-state index contributed by atoms with van der Waals surface area (Å²) in [7, 11) is -5.03. The molecule has 0 bridgehead atoms. The molecule has 3 aromatic carbocycles. The Labute approximate surface area is 186 Å². The van der Waals surface area contributed by atoms with Crippen LogP contribution in [0.1, 0.15) is 16.7 Å². The maximum Gasteiger partial charge on any atom is 0.283 e. The summed E-state index contributed by atoms with van der Waals surface area (Å²) in [6, 6.07) is 11.6. The largest absolute Gasteiger partial charge is 0.508 e. The van der Waals surface area contributed by atoms with Crippen LogP contribution in [-0.4, -0.2) is 23.2 Å². The van der Waals surface area contributed by atoms with Crippen LogP contribution in [0.5, 0.6) is 11.5 Å². The van der Waals surface area contributed by atoms with E-state index in [0.717, 1.165) is 0 Å². The molecule has 1 unspecified atom stereocenters. The van der Waals surface area contributed by atoms with Gasteiger partial charge in [-0.2, -0.15) is 8.42 Å². The molecule has 0 aliphatic heterocycles. The Kier molecular flexibility index (Phi) is 5.98. The fraction of sp³-hybridized carbons (Fsp3) is 0.0526. The Balaban J connectivity index is 2.59. The number of aromatic hydroxyl groups is 2. The van der Waals surface area contributed by atoms with Crippen molar-refractivity contribution < 1.29 is 23.2 Å². The monoisotopic (exact) mass is 492 g/mol. The molecule has 0 fully saturated rings. The summed E-state index contributed by atoms with van der Waals surface area (Å²) < 4.78 is 34.0. The van der Waals surface area contributed by atoms with Crippen molar-refractivity contribution in [1.82, 2.24) is 0 Å². The van der Waals surface area contributed by atoms with E-state index in [4.69, 9.17) is 46.4 Å². The van der Waals surface area contributed by atoms with Crippen LogP contribution in [0.3, 0.4) is 0 Å². The summed E-state index contributed by atoms with van der Waals surface area (Å²) in [5.41, 5.74) is -0.260. The minimum Gasteiger partial charge on any atom is -0.508 e. The normalized spacial score (nSPS) is 13.8. The standard InChI is InChI=1S/C19H12Cl4O5S/c20-11-3-6-13(16(22)9-11)19(29(26,27)28,10-1-4-12(24)5-2-10)14-7-8-15(21)18(25)17(14)23/h1-9,24-25H,(H,26,27,28). The summed E-state index contributed by atoms with van der Waals surface area (Å²) in [5.74, 6) is -0.701. The number of benzene rings is 3. The molecule has 0 aliphatic rings. The number of hydrogen-bond donors (Lipinski definition) is 3. The number of halogens is 4. The van der Waals surface area contributed by atoms with Crippen molar-refractivity contribution in [2.24, 2.45) is 0 Å². The van der Waals surface area contributed by atoms with E-state index >= 15 is 0 Å². The van der Waals surface area contributed by atoms with Crippen LogP contribution < -0.4 is 0 Å². The smallest absolute Gasteiger partial charge is 0.283 e. The molecule has 0 saturated heterocycles. The molecule has 0 amide bonds. The predicted molar refractivity (Wildman–Crippen MR) is 114 cm³/mol. The second-order valence-electron chi connectivity index (χ2n) is 6.08. The molecule has 0 saturated carbocycles. The van der Waals surface area contributed by atoms with Gasteiger partial charge < -0.3 is 10.2 Å². The maximum atomic E-state index is 13.0. The molecule has 0 aliphatic carbocycles. The zero-order chi connectivity index (χ0) is 21.6. The Bertz CT molecular complexity index is 1200. The number of phenolic OH excluding ortho intramolecular Hbond substituents is 2. The van der Waals surface area contributed by atoms with Crippen LogP contribution in [0.2, 0.25) is 20.1 Å². The third kappa shape index (κ3) is 3.65. The minimum absolute atomic E-state index is 0.00523. The van der Waals surface area contributed by atoms with Gasteiger partial charge in [0.1, 0.15) is 5.75 Å². The zero-order valence-electron chi connectivity index (χ0n) is 14.3. The van der Waals surface area contributed by atoms with E-state index in [1.165, 1.54) is 54.6 Å². The van der Waals surface area contributed by atoms with Crippen molar-refractivity contribution in [3.8, 4) is 11.5 Å². The van der Waals surface area contributed by atoms with E-state index in [2.05, 4.69) is 0 Å². The highest BCUT2D eigenvalue weighted by molar-refractivity contribution is 7.87. The zero-order valence-corrected chi connectivity index (χ0v) is 18.1. The Morgan fingerprint density at radius 1 is 0.759 bits per heavy atom. The average molecular weight is 494 g/mol. The van der Waals surface area contributed by atoms with E-state index in [0.29, 0.717) is 0 Å². The summed E-state index contributed by atoms with van der Waals surface area (Å²) in [6.07, 6.45) is 0. The molecule has 5 nitrogen and oxygen atoms in total. The van der Waals surface area contributed by atoms with Crippen LogP contribution in [0.4, 0.5) is 0 Å². The van der Waals surface area contributed by atoms with Gasteiger partial charge >= 0.3 is 0 Å². The van der Waals surface area contributed by atoms with Crippen LogP contribution >= 0.6 is 46.4 Å². The van der Waals surface area contributed by atoms with Gasteiger partial charge in [0.25, 0.3) is 10.1 Å². The lowest BCUT2D eigenvalue weighted by Gasteiger charge is -2.34. The molecule has 0 radical (unpaired) electrons. The topological polar surface area (TPSA) is 94.8 Å². The van der Waals surface area contributed by atoms with Crippen LogP contribution in [-0.2, 0) is 14.9 Å². The lowest BCUT2D eigenvalue weighted by molar-refractivity contribution is 0.455. The molecule has 29 heavy (non-hydrogen) atoms. The van der Waals surface area contributed by atoms with Gasteiger partial charge in [-0.1, -0.05) is 70.7 Å². The summed E-state index contributed by atoms with van der Waals surface area (Å²) >= 11 is 24.5. The predicted octanol–water partition coefficient (Wildman–Crippen LogP) is 5.89. The highest BCUT2D eigenvalue weighted by atomic mass is 35.5. The van der Waals surface area contributed by atoms with Gasteiger partial charge in [-0.15, -0.1) is 0 Å². The molecule has 3 rings (SSSR count). The van der Waals surface area contributed by atoms with Gasteiger partial charge in [-0.25, -0.2) is 0 Å². The highest BCUT2D eigenvalue weighted by Crippen LogP contribution is 2.51. The van der Waals surface area contributed by atoms with Gasteiger partial charge in [0.2, 0.25) is 0 Å². The van der Waals surface area contributed by atoms with Crippen molar-refractivity contribution in [3.63, 3.8) is 0 Å². The molecule has 1 atom stereocenters. The van der Waals surface area contributed by atoms with E-state index in [9.17, 15) is 23.2 Å². The third-order valence-electron chi connectivity index (χ3n) is 4.42. The van der Waals surface area contributed by atoms with E-state index in [1.807, 2.05) is 0 Å². The molecule has 3 N–H and O–H groups in total. The van der Waals surface area contributed by atoms with Crippen molar-refractivity contribution in [2.75, 3.05) is 0 Å². The summed E-state index contributed by atoms with van der Waals surface area (Å²) in [6.45, 7) is 0. The van der Waals surface area contributed by atoms with Gasteiger partial charge in [0.05, 0.1) is 10.0 Å². The Morgan fingerprint density at radius 3 is 1.90 bits per heavy atom. The van der Waals surface area contributed by atoms with Gasteiger partial charge in [-0.05, 0) is 35.9 Å². The van der Waals surface area contributed by atoms with Crippen molar-refractivity contribution in [3.05, 3.63) is 91.4 Å². The summed E-state index contributed by atoms with van der Waals surface area (Å²) in [4.78, 5) is 0. The quantitative estimate of drug-likeness (QED) is 0.311. The molecular weight excluding hydrogens is 482 g/mol. The second kappa shape index (κ2) is 7.87. The molecule has 0 heterocycles. The van der Waals surface area contributed by atoms with Crippen LogP contribution in [0.15, 0.2) is 54.6 Å². The summed E-state index contributed by atoms with van der Waals surface area (Å²) in [5, 5.41) is 19.5. The molecule has 152 valence electrons. The number of rotatable bonds is 4. The molecular formula is C19H12Cl4O5S. The van der Waals surface area contributed by atoms with Gasteiger partial charge in [0, 0.05) is 21.2 Å². The van der Waals surface area contributed by atoms with Crippen LogP contribution in [0.25, 0.3) is 0 Å². The lowest BCUT2D eigenvalue weighted by atomic mass is 9.83. The molecule has 3 aromatic rings. The van der Waals surface area contributed by atoms with E-state index < -0.39 is 25.6 Å². The van der Waals surface area contributed by atoms with Crippen molar-refractivity contribution in [1.29, 1.82) is 0 Å². The molecule has 0 aromatic heterocycles. The Hall–Kier alpha value is -1.67. The fourth-order valence-electron chi connectivity index (χ4n) is 3.17. The van der Waals surface area contributed by atoms with Gasteiger partial charge in [0.15, 0.2) is 10.5 Å². The van der Waals surface area contributed by atoms with Crippen LogP contribution in [0, 0.1) is 0 Å². The number of hydrogen-bond acceptors (Lipinski definition) is 4. The first-order chi connectivity index (χ1) is 13.5. The Morgan fingerprint density at radius 2 is 1.34 bits per heavy atom. The van der Waals surface area contributed by atoms with Crippen molar-refractivity contribution in [2.45, 2.75) is 4.75 Å². The average Bonchev–Trinajstić information content (AvgIpc) is 2.63. The van der Waals surface area contributed by atoms with Gasteiger partial charge in [-0.3, -0.25) is 4.55 Å². The first-order valence-corrected chi connectivity index (χ1v) is 10.8. The molecule has 10 heteroatoms.